The molecule has 0 radical (unpaired) electrons. The second kappa shape index (κ2) is 5.43. The maximum absolute atomic E-state index is 12.5. The molecular weight excluding hydrogens is 236 g/mol. The van der Waals surface area contributed by atoms with Gasteiger partial charge < -0.3 is 4.90 Å². The average molecular weight is 264 g/mol. The van der Waals surface area contributed by atoms with Gasteiger partial charge in [0.15, 0.2) is 0 Å². The van der Waals surface area contributed by atoms with Crippen molar-refractivity contribution in [2.75, 3.05) is 13.2 Å². The molecule has 3 rings (SSSR count). The molecule has 108 valence electrons. The third-order valence-electron chi connectivity index (χ3n) is 5.61. The number of rotatable bonds is 3. The van der Waals surface area contributed by atoms with Crippen LogP contribution in [0.2, 0.25) is 0 Å². The van der Waals surface area contributed by atoms with Crippen molar-refractivity contribution in [3.8, 4) is 0 Å². The summed E-state index contributed by atoms with van der Waals surface area (Å²) < 4.78 is 0. The van der Waals surface area contributed by atoms with E-state index in [1.807, 2.05) is 0 Å². The smallest absolute Gasteiger partial charge is 0.243 e. The third kappa shape index (κ3) is 2.67. The van der Waals surface area contributed by atoms with Crippen molar-refractivity contribution in [3.63, 3.8) is 0 Å². The molecule has 1 heterocycles. The van der Waals surface area contributed by atoms with Crippen LogP contribution in [0.1, 0.15) is 64.7 Å². The van der Waals surface area contributed by atoms with Crippen molar-refractivity contribution in [1.29, 1.82) is 0 Å². The number of carbonyl (C=O) groups excluding carboxylic acids is 1. The highest BCUT2D eigenvalue weighted by atomic mass is 16.2. The summed E-state index contributed by atoms with van der Waals surface area (Å²) in [7, 11) is 0. The molecule has 1 spiro atoms. The van der Waals surface area contributed by atoms with Crippen LogP contribution in [0.3, 0.4) is 0 Å². The first-order valence-electron chi connectivity index (χ1n) is 8.24. The van der Waals surface area contributed by atoms with Crippen molar-refractivity contribution < 1.29 is 4.79 Å². The van der Waals surface area contributed by atoms with Gasteiger partial charge in [0.2, 0.25) is 5.91 Å². The Morgan fingerprint density at radius 1 is 1.26 bits per heavy atom. The highest BCUT2D eigenvalue weighted by Gasteiger charge is 2.47. The predicted octanol–water partition coefficient (Wildman–Crippen LogP) is 2.90. The molecule has 3 heteroatoms. The van der Waals surface area contributed by atoms with E-state index in [1.165, 1.54) is 44.9 Å². The summed E-state index contributed by atoms with van der Waals surface area (Å²) in [4.78, 5) is 14.6. The zero-order valence-electron chi connectivity index (χ0n) is 12.3. The summed E-state index contributed by atoms with van der Waals surface area (Å²) in [6.45, 7) is 4.15. The lowest BCUT2D eigenvalue weighted by molar-refractivity contribution is -0.132. The van der Waals surface area contributed by atoms with E-state index in [-0.39, 0.29) is 5.54 Å². The molecule has 0 bridgehead atoms. The largest absolute Gasteiger partial charge is 0.328 e. The van der Waals surface area contributed by atoms with E-state index in [0.717, 1.165) is 37.9 Å². The first-order valence-corrected chi connectivity index (χ1v) is 8.24. The summed E-state index contributed by atoms with van der Waals surface area (Å²) in [6.07, 6.45) is 11.3. The van der Waals surface area contributed by atoms with Crippen molar-refractivity contribution >= 4 is 5.91 Å². The van der Waals surface area contributed by atoms with E-state index in [2.05, 4.69) is 17.1 Å². The minimum absolute atomic E-state index is 0.153. The lowest BCUT2D eigenvalue weighted by atomic mass is 9.81. The highest BCUT2D eigenvalue weighted by Crippen LogP contribution is 2.35. The standard InChI is InChI=1S/C16H28N2O/c1-13-5-4-6-14(11-13)7-10-18-12-17-16(15(18)19)8-2-3-9-16/h13-14,17H,2-12H2,1H3. The molecule has 0 aromatic rings. The molecule has 1 saturated heterocycles. The summed E-state index contributed by atoms with van der Waals surface area (Å²) >= 11 is 0. The molecule has 0 aromatic heterocycles. The van der Waals surface area contributed by atoms with Crippen LogP contribution in [-0.2, 0) is 4.79 Å². The Balaban J connectivity index is 1.49. The lowest BCUT2D eigenvalue weighted by Gasteiger charge is -2.28. The van der Waals surface area contributed by atoms with Gasteiger partial charge in [-0.05, 0) is 37.5 Å². The third-order valence-corrected chi connectivity index (χ3v) is 5.61. The SMILES string of the molecule is CC1CCCC(CCN2CNC3(CCCC3)C2=O)C1. The van der Waals surface area contributed by atoms with Gasteiger partial charge >= 0.3 is 0 Å². The molecule has 19 heavy (non-hydrogen) atoms. The molecule has 1 N–H and O–H groups in total. The Morgan fingerprint density at radius 3 is 2.79 bits per heavy atom. The van der Waals surface area contributed by atoms with Gasteiger partial charge in [-0.2, -0.15) is 0 Å². The van der Waals surface area contributed by atoms with Gasteiger partial charge in [-0.25, -0.2) is 0 Å². The van der Waals surface area contributed by atoms with E-state index >= 15 is 0 Å². The van der Waals surface area contributed by atoms with E-state index in [1.54, 1.807) is 0 Å². The molecule has 0 aromatic carbocycles. The molecule has 1 aliphatic heterocycles. The highest BCUT2D eigenvalue weighted by molar-refractivity contribution is 5.88. The zero-order chi connectivity index (χ0) is 13.3. The van der Waals surface area contributed by atoms with Crippen LogP contribution in [0.15, 0.2) is 0 Å². The van der Waals surface area contributed by atoms with Gasteiger partial charge in [0.05, 0.1) is 12.2 Å². The van der Waals surface area contributed by atoms with Gasteiger partial charge in [-0.3, -0.25) is 10.1 Å². The molecule has 2 aliphatic carbocycles. The quantitative estimate of drug-likeness (QED) is 0.850. The topological polar surface area (TPSA) is 32.3 Å². The molecule has 3 nitrogen and oxygen atoms in total. The van der Waals surface area contributed by atoms with Crippen LogP contribution in [0.5, 0.6) is 0 Å². The van der Waals surface area contributed by atoms with Crippen LogP contribution >= 0.6 is 0 Å². The monoisotopic (exact) mass is 264 g/mol. The van der Waals surface area contributed by atoms with Crippen molar-refractivity contribution in [1.82, 2.24) is 10.2 Å². The Hall–Kier alpha value is -0.570. The number of carbonyl (C=O) groups is 1. The fourth-order valence-corrected chi connectivity index (χ4v) is 4.41. The molecule has 1 amide bonds. The Kier molecular flexibility index (Phi) is 3.84. The van der Waals surface area contributed by atoms with E-state index in [0.29, 0.717) is 5.91 Å². The van der Waals surface area contributed by atoms with E-state index in [4.69, 9.17) is 0 Å². The number of nitrogens with one attached hydrogen (secondary N) is 1. The maximum atomic E-state index is 12.5. The minimum Gasteiger partial charge on any atom is -0.328 e. The van der Waals surface area contributed by atoms with E-state index in [9.17, 15) is 4.79 Å². The number of hydrogen-bond donors (Lipinski definition) is 1. The van der Waals surface area contributed by atoms with Crippen LogP contribution in [0.25, 0.3) is 0 Å². The number of nitrogens with zero attached hydrogens (tertiary/aromatic N) is 1. The lowest BCUT2D eigenvalue weighted by Crippen LogP contribution is -2.44. The van der Waals surface area contributed by atoms with Crippen molar-refractivity contribution in [3.05, 3.63) is 0 Å². The number of amides is 1. The van der Waals surface area contributed by atoms with Gasteiger partial charge in [0, 0.05) is 6.54 Å². The Labute approximate surface area is 117 Å². The zero-order valence-corrected chi connectivity index (χ0v) is 12.3. The second-order valence-electron chi connectivity index (χ2n) is 7.12. The predicted molar refractivity (Wildman–Crippen MR) is 76.7 cm³/mol. The molecule has 3 aliphatic rings. The van der Waals surface area contributed by atoms with Crippen LogP contribution in [-0.4, -0.2) is 29.6 Å². The fraction of sp³-hybridized carbons (Fsp3) is 0.938. The van der Waals surface area contributed by atoms with Gasteiger partial charge in [0.1, 0.15) is 0 Å². The Morgan fingerprint density at radius 2 is 2.05 bits per heavy atom. The Bertz CT molecular complexity index is 336. The van der Waals surface area contributed by atoms with E-state index < -0.39 is 0 Å². The maximum Gasteiger partial charge on any atom is 0.243 e. The first kappa shape index (κ1) is 13.4. The molecule has 2 atom stereocenters. The minimum atomic E-state index is -0.153. The van der Waals surface area contributed by atoms with Crippen LogP contribution < -0.4 is 5.32 Å². The molecule has 3 fully saturated rings. The van der Waals surface area contributed by atoms with Gasteiger partial charge in [0.25, 0.3) is 0 Å². The molecular formula is C16H28N2O. The summed E-state index contributed by atoms with van der Waals surface area (Å²) in [6, 6.07) is 0. The summed E-state index contributed by atoms with van der Waals surface area (Å²) in [5.41, 5.74) is -0.153. The first-order chi connectivity index (χ1) is 9.20. The van der Waals surface area contributed by atoms with Crippen LogP contribution in [0, 0.1) is 11.8 Å². The molecule has 2 saturated carbocycles. The fourth-order valence-electron chi connectivity index (χ4n) is 4.41. The summed E-state index contributed by atoms with van der Waals surface area (Å²) in [5.74, 6) is 2.15. The normalized spacial score (nSPS) is 34.4. The van der Waals surface area contributed by atoms with Crippen LogP contribution in [0.4, 0.5) is 0 Å². The van der Waals surface area contributed by atoms with Gasteiger partial charge in [-0.15, -0.1) is 0 Å². The number of hydrogen-bond acceptors (Lipinski definition) is 2. The van der Waals surface area contributed by atoms with Crippen molar-refractivity contribution in [2.24, 2.45) is 11.8 Å². The average Bonchev–Trinajstić information content (AvgIpc) is 2.99. The van der Waals surface area contributed by atoms with Gasteiger partial charge in [-0.1, -0.05) is 39.0 Å². The summed E-state index contributed by atoms with van der Waals surface area (Å²) in [5, 5.41) is 3.50. The second-order valence-corrected chi connectivity index (χ2v) is 7.12. The molecule has 2 unspecified atom stereocenters. The van der Waals surface area contributed by atoms with Crippen molar-refractivity contribution in [2.45, 2.75) is 70.3 Å².